The van der Waals surface area contributed by atoms with Crippen molar-refractivity contribution in [3.05, 3.63) is 107 Å². The average Bonchev–Trinajstić information content (AvgIpc) is 2.76. The van der Waals surface area contributed by atoms with Gasteiger partial charge in [-0.3, -0.25) is 15.0 Å². The first-order valence-electron chi connectivity index (χ1n) is 9.21. The summed E-state index contributed by atoms with van der Waals surface area (Å²) in [5.41, 5.74) is 4.89. The minimum Gasteiger partial charge on any atom is -0.483 e. The van der Waals surface area contributed by atoms with E-state index in [1.807, 2.05) is 54.6 Å². The van der Waals surface area contributed by atoms with Gasteiger partial charge in [0.2, 0.25) is 0 Å². The summed E-state index contributed by atoms with van der Waals surface area (Å²) < 4.78 is 6.80. The third-order valence-electron chi connectivity index (χ3n) is 4.48. The molecule has 0 aliphatic carbocycles. The molecule has 1 N–H and O–H groups in total. The number of benzene rings is 3. The number of hydrogen-bond acceptors (Lipinski definition) is 4. The molecule has 0 bridgehead atoms. The number of fused-ring (bicyclic) bond motifs is 1. The van der Waals surface area contributed by atoms with E-state index in [0.29, 0.717) is 23.1 Å². The predicted molar refractivity (Wildman–Crippen MR) is 112 cm³/mol. The summed E-state index contributed by atoms with van der Waals surface area (Å²) in [6, 6.07) is 24.6. The SMILES string of the molecule is O=C(COc1ccccc1Cc1ccccc1)Nn1cnc2ccccc2c1=O. The summed E-state index contributed by atoms with van der Waals surface area (Å²) >= 11 is 0. The van der Waals surface area contributed by atoms with Crippen LogP contribution >= 0.6 is 0 Å². The molecule has 1 aromatic heterocycles. The fourth-order valence-electron chi connectivity index (χ4n) is 3.07. The van der Waals surface area contributed by atoms with Gasteiger partial charge in [-0.15, -0.1) is 0 Å². The van der Waals surface area contributed by atoms with E-state index in [2.05, 4.69) is 10.4 Å². The lowest BCUT2D eigenvalue weighted by molar-refractivity contribution is -0.119. The van der Waals surface area contributed by atoms with Gasteiger partial charge in [0.05, 0.1) is 10.9 Å². The van der Waals surface area contributed by atoms with E-state index in [1.54, 1.807) is 24.3 Å². The molecule has 6 heteroatoms. The van der Waals surface area contributed by atoms with Gasteiger partial charge in [-0.1, -0.05) is 60.7 Å². The summed E-state index contributed by atoms with van der Waals surface area (Å²) in [5, 5.41) is 0.435. The van der Waals surface area contributed by atoms with E-state index >= 15 is 0 Å². The van der Waals surface area contributed by atoms with Gasteiger partial charge in [-0.25, -0.2) is 9.66 Å². The standard InChI is InChI=1S/C23H19N3O3/c27-22(25-26-16-24-20-12-6-5-11-19(20)23(26)28)15-29-21-13-7-4-10-18(21)14-17-8-2-1-3-9-17/h1-13,16H,14-15H2,(H,25,27). The zero-order chi connectivity index (χ0) is 20.1. The van der Waals surface area contributed by atoms with Crippen LogP contribution < -0.4 is 15.7 Å². The van der Waals surface area contributed by atoms with Gasteiger partial charge < -0.3 is 4.74 Å². The number of ether oxygens (including phenoxy) is 1. The van der Waals surface area contributed by atoms with Crippen molar-refractivity contribution in [3.8, 4) is 5.75 Å². The van der Waals surface area contributed by atoms with Crippen molar-refractivity contribution in [1.82, 2.24) is 9.66 Å². The van der Waals surface area contributed by atoms with Crippen LogP contribution in [0.15, 0.2) is 90.0 Å². The van der Waals surface area contributed by atoms with E-state index < -0.39 is 5.91 Å². The zero-order valence-corrected chi connectivity index (χ0v) is 15.6. The second-order valence-electron chi connectivity index (χ2n) is 6.53. The molecule has 0 aliphatic heterocycles. The van der Waals surface area contributed by atoms with Crippen LogP contribution in [0.5, 0.6) is 5.75 Å². The molecule has 0 spiro atoms. The van der Waals surface area contributed by atoms with Crippen molar-refractivity contribution < 1.29 is 9.53 Å². The maximum absolute atomic E-state index is 12.5. The maximum Gasteiger partial charge on any atom is 0.280 e. The quantitative estimate of drug-likeness (QED) is 0.553. The number of carbonyl (C=O) groups excluding carboxylic acids is 1. The van der Waals surface area contributed by atoms with Gasteiger partial charge >= 0.3 is 0 Å². The molecule has 0 saturated heterocycles. The fraction of sp³-hybridized carbons (Fsp3) is 0.0870. The lowest BCUT2D eigenvalue weighted by atomic mass is 10.0. The van der Waals surface area contributed by atoms with Crippen LogP contribution in [0.3, 0.4) is 0 Å². The minimum absolute atomic E-state index is 0.217. The Morgan fingerprint density at radius 3 is 2.52 bits per heavy atom. The average molecular weight is 385 g/mol. The van der Waals surface area contributed by atoms with E-state index in [0.717, 1.165) is 15.8 Å². The summed E-state index contributed by atoms with van der Waals surface area (Å²) in [6.07, 6.45) is 2.00. The molecule has 3 aromatic carbocycles. The molecule has 0 radical (unpaired) electrons. The number of rotatable bonds is 6. The second kappa shape index (κ2) is 8.39. The molecule has 0 fully saturated rings. The number of para-hydroxylation sites is 2. The van der Waals surface area contributed by atoms with Crippen LogP contribution in [0.1, 0.15) is 11.1 Å². The highest BCUT2D eigenvalue weighted by molar-refractivity contribution is 5.85. The first kappa shape index (κ1) is 18.4. The van der Waals surface area contributed by atoms with Crippen LogP contribution in [0, 0.1) is 0 Å². The molecule has 29 heavy (non-hydrogen) atoms. The summed E-state index contributed by atoms with van der Waals surface area (Å²) in [4.78, 5) is 29.0. The second-order valence-corrected chi connectivity index (χ2v) is 6.53. The van der Waals surface area contributed by atoms with E-state index in [-0.39, 0.29) is 12.2 Å². The molecule has 0 saturated carbocycles. The van der Waals surface area contributed by atoms with Gasteiger partial charge in [-0.05, 0) is 29.3 Å². The molecule has 0 unspecified atom stereocenters. The molecular formula is C23H19N3O3. The van der Waals surface area contributed by atoms with Crippen LogP contribution in [-0.4, -0.2) is 22.2 Å². The van der Waals surface area contributed by atoms with Crippen LogP contribution in [0.4, 0.5) is 0 Å². The molecular weight excluding hydrogens is 366 g/mol. The molecule has 1 amide bonds. The number of hydrogen-bond donors (Lipinski definition) is 1. The molecule has 144 valence electrons. The van der Waals surface area contributed by atoms with Crippen LogP contribution in [0.25, 0.3) is 10.9 Å². The van der Waals surface area contributed by atoms with Gasteiger partial charge in [0, 0.05) is 6.42 Å². The van der Waals surface area contributed by atoms with Crippen LogP contribution in [0.2, 0.25) is 0 Å². The molecule has 6 nitrogen and oxygen atoms in total. The number of nitrogens with one attached hydrogen (secondary N) is 1. The lowest BCUT2D eigenvalue weighted by Gasteiger charge is -2.12. The van der Waals surface area contributed by atoms with Crippen molar-refractivity contribution in [2.45, 2.75) is 6.42 Å². The minimum atomic E-state index is -0.446. The Morgan fingerprint density at radius 1 is 0.931 bits per heavy atom. The maximum atomic E-state index is 12.5. The van der Waals surface area contributed by atoms with Gasteiger partial charge in [-0.2, -0.15) is 0 Å². The Kier molecular flexibility index (Phi) is 5.33. The van der Waals surface area contributed by atoms with E-state index in [4.69, 9.17) is 4.74 Å². The van der Waals surface area contributed by atoms with Crippen LogP contribution in [-0.2, 0) is 11.2 Å². The molecule has 1 heterocycles. The topological polar surface area (TPSA) is 73.2 Å². The number of amides is 1. The smallest absolute Gasteiger partial charge is 0.280 e. The molecule has 4 rings (SSSR count). The van der Waals surface area contributed by atoms with Crippen molar-refractivity contribution in [1.29, 1.82) is 0 Å². The monoisotopic (exact) mass is 385 g/mol. The number of aromatic nitrogens is 2. The Bertz CT molecular complexity index is 1200. The predicted octanol–water partition coefficient (Wildman–Crippen LogP) is 3.14. The van der Waals surface area contributed by atoms with Gasteiger partial charge in [0.15, 0.2) is 6.61 Å². The van der Waals surface area contributed by atoms with Crippen molar-refractivity contribution in [2.24, 2.45) is 0 Å². The highest BCUT2D eigenvalue weighted by atomic mass is 16.5. The molecule has 0 aliphatic rings. The summed E-state index contributed by atoms with van der Waals surface area (Å²) in [5.74, 6) is 0.189. The first-order chi connectivity index (χ1) is 14.2. The van der Waals surface area contributed by atoms with Gasteiger partial charge in [0.25, 0.3) is 11.5 Å². The van der Waals surface area contributed by atoms with Crippen molar-refractivity contribution >= 4 is 16.8 Å². The first-order valence-corrected chi connectivity index (χ1v) is 9.21. The Balaban J connectivity index is 1.44. The fourth-order valence-corrected chi connectivity index (χ4v) is 3.07. The van der Waals surface area contributed by atoms with Crippen molar-refractivity contribution in [3.63, 3.8) is 0 Å². The Hall–Kier alpha value is -3.93. The van der Waals surface area contributed by atoms with Gasteiger partial charge in [0.1, 0.15) is 12.1 Å². The van der Waals surface area contributed by atoms with Crippen molar-refractivity contribution in [2.75, 3.05) is 12.0 Å². The highest BCUT2D eigenvalue weighted by Crippen LogP contribution is 2.21. The molecule has 0 atom stereocenters. The lowest BCUT2D eigenvalue weighted by Crippen LogP contribution is -2.35. The Labute approximate surface area is 167 Å². The zero-order valence-electron chi connectivity index (χ0n) is 15.6. The third kappa shape index (κ3) is 4.32. The number of nitrogens with zero attached hydrogens (tertiary/aromatic N) is 2. The van der Waals surface area contributed by atoms with E-state index in [1.165, 1.54) is 6.33 Å². The third-order valence-corrected chi connectivity index (χ3v) is 4.48. The highest BCUT2D eigenvalue weighted by Gasteiger charge is 2.10. The largest absolute Gasteiger partial charge is 0.483 e. The normalized spacial score (nSPS) is 10.6. The summed E-state index contributed by atoms with van der Waals surface area (Å²) in [7, 11) is 0. The Morgan fingerprint density at radius 2 is 1.66 bits per heavy atom. The number of carbonyl (C=O) groups is 1. The van der Waals surface area contributed by atoms with E-state index in [9.17, 15) is 9.59 Å². The summed E-state index contributed by atoms with van der Waals surface area (Å²) in [6.45, 7) is -0.217. The molecule has 4 aromatic rings.